The quantitative estimate of drug-likeness (QED) is 0.374. The minimum absolute atomic E-state index is 0.148. The predicted octanol–water partition coefficient (Wildman–Crippen LogP) is 3.63. The number of hydrazone groups is 1. The van der Waals surface area contributed by atoms with Crippen molar-refractivity contribution in [1.82, 2.24) is 5.43 Å². The van der Waals surface area contributed by atoms with Crippen molar-refractivity contribution < 1.29 is 18.9 Å². The number of nitro groups is 1. The molecule has 0 radical (unpaired) electrons. The summed E-state index contributed by atoms with van der Waals surface area (Å²) in [5.41, 5.74) is 2.26. The largest absolute Gasteiger partial charge is 0.483 e. The standard InChI is InChI=1S/C17H12BrN3O5/c18-17-13-4-2-1-3-11(13)5-7-14(17)25-10-15(22)20-19-9-12-6-8-16(26-12)21(23)24/h1-9H,10H2,(H,20,22)/b19-9+. The zero-order chi connectivity index (χ0) is 18.5. The summed E-state index contributed by atoms with van der Waals surface area (Å²) in [6, 6.07) is 14.0. The van der Waals surface area contributed by atoms with Gasteiger partial charge in [0.05, 0.1) is 16.8 Å². The first-order valence-corrected chi connectivity index (χ1v) is 8.20. The Labute approximate surface area is 155 Å². The number of carbonyl (C=O) groups excluding carboxylic acids is 1. The van der Waals surface area contributed by atoms with Crippen molar-refractivity contribution in [3.63, 3.8) is 0 Å². The van der Waals surface area contributed by atoms with E-state index >= 15 is 0 Å². The summed E-state index contributed by atoms with van der Waals surface area (Å²) in [6.45, 7) is -0.243. The van der Waals surface area contributed by atoms with E-state index in [9.17, 15) is 14.9 Å². The van der Waals surface area contributed by atoms with Gasteiger partial charge in [-0.3, -0.25) is 14.9 Å². The first-order valence-electron chi connectivity index (χ1n) is 7.41. The van der Waals surface area contributed by atoms with Crippen molar-refractivity contribution in [2.45, 2.75) is 0 Å². The fraction of sp³-hybridized carbons (Fsp3) is 0.0588. The molecule has 132 valence electrons. The third kappa shape index (κ3) is 4.06. The topological polar surface area (TPSA) is 107 Å². The third-order valence-electron chi connectivity index (χ3n) is 3.36. The molecular formula is C17H12BrN3O5. The normalized spacial score (nSPS) is 11.0. The van der Waals surface area contributed by atoms with Gasteiger partial charge >= 0.3 is 5.88 Å². The molecule has 8 nitrogen and oxygen atoms in total. The van der Waals surface area contributed by atoms with E-state index in [1.54, 1.807) is 6.07 Å². The molecule has 1 N–H and O–H groups in total. The molecule has 0 aliphatic heterocycles. The number of nitrogens with one attached hydrogen (secondary N) is 1. The van der Waals surface area contributed by atoms with Gasteiger partial charge in [0.1, 0.15) is 10.7 Å². The zero-order valence-electron chi connectivity index (χ0n) is 13.2. The summed E-state index contributed by atoms with van der Waals surface area (Å²) < 4.78 is 11.1. The lowest BCUT2D eigenvalue weighted by Gasteiger charge is -2.09. The van der Waals surface area contributed by atoms with Crippen LogP contribution in [0.4, 0.5) is 5.88 Å². The maximum Gasteiger partial charge on any atom is 0.433 e. The number of halogens is 1. The molecule has 3 rings (SSSR count). The van der Waals surface area contributed by atoms with Crippen LogP contribution in [0.3, 0.4) is 0 Å². The van der Waals surface area contributed by atoms with Gasteiger partial charge in [-0.25, -0.2) is 5.43 Å². The molecule has 1 aromatic heterocycles. The van der Waals surface area contributed by atoms with Crippen LogP contribution >= 0.6 is 15.9 Å². The van der Waals surface area contributed by atoms with Gasteiger partial charge in [-0.05, 0) is 38.8 Å². The van der Waals surface area contributed by atoms with Gasteiger partial charge in [-0.15, -0.1) is 0 Å². The highest BCUT2D eigenvalue weighted by molar-refractivity contribution is 9.10. The Kier molecular flexibility index (Phi) is 5.28. The summed E-state index contributed by atoms with van der Waals surface area (Å²) in [5, 5.41) is 16.2. The van der Waals surface area contributed by atoms with Gasteiger partial charge in [0.15, 0.2) is 12.4 Å². The monoisotopic (exact) mass is 417 g/mol. The maximum absolute atomic E-state index is 11.8. The van der Waals surface area contributed by atoms with Crippen molar-refractivity contribution in [1.29, 1.82) is 0 Å². The molecule has 26 heavy (non-hydrogen) atoms. The SMILES string of the molecule is O=C(COc1ccc2ccccc2c1Br)N/N=C/c1ccc([N+](=O)[O-])o1. The lowest BCUT2D eigenvalue weighted by Crippen LogP contribution is -2.24. The van der Waals surface area contributed by atoms with Crippen LogP contribution in [0.5, 0.6) is 5.75 Å². The molecule has 0 aliphatic carbocycles. The lowest BCUT2D eigenvalue weighted by atomic mass is 10.1. The Morgan fingerprint density at radius 1 is 1.27 bits per heavy atom. The average Bonchev–Trinajstić information content (AvgIpc) is 3.11. The van der Waals surface area contributed by atoms with Crippen molar-refractivity contribution in [3.05, 3.63) is 68.9 Å². The van der Waals surface area contributed by atoms with E-state index in [2.05, 4.69) is 26.5 Å². The molecule has 0 fully saturated rings. The van der Waals surface area contributed by atoms with Crippen LogP contribution in [0, 0.1) is 10.1 Å². The highest BCUT2D eigenvalue weighted by Gasteiger charge is 2.11. The number of nitrogens with zero attached hydrogens (tertiary/aromatic N) is 2. The Morgan fingerprint density at radius 3 is 2.85 bits per heavy atom. The Bertz CT molecular complexity index is 999. The predicted molar refractivity (Wildman–Crippen MR) is 98.2 cm³/mol. The number of benzene rings is 2. The van der Waals surface area contributed by atoms with Crippen LogP contribution in [0.15, 0.2) is 62.5 Å². The number of rotatable bonds is 6. The minimum atomic E-state index is -0.662. The molecule has 1 heterocycles. The van der Waals surface area contributed by atoms with E-state index in [4.69, 9.17) is 9.15 Å². The van der Waals surface area contributed by atoms with Gasteiger partial charge in [-0.2, -0.15) is 5.10 Å². The number of furan rings is 1. The van der Waals surface area contributed by atoms with E-state index in [-0.39, 0.29) is 12.4 Å². The van der Waals surface area contributed by atoms with Crippen LogP contribution in [0.1, 0.15) is 5.76 Å². The number of amides is 1. The fourth-order valence-corrected chi connectivity index (χ4v) is 2.79. The number of carbonyl (C=O) groups is 1. The van der Waals surface area contributed by atoms with Crippen molar-refractivity contribution >= 4 is 44.7 Å². The summed E-state index contributed by atoms with van der Waals surface area (Å²) >= 11 is 3.48. The van der Waals surface area contributed by atoms with E-state index in [0.29, 0.717) is 5.75 Å². The number of ether oxygens (including phenoxy) is 1. The molecule has 0 spiro atoms. The van der Waals surface area contributed by atoms with E-state index in [1.165, 1.54) is 12.1 Å². The van der Waals surface area contributed by atoms with Crippen LogP contribution in [-0.4, -0.2) is 23.7 Å². The van der Waals surface area contributed by atoms with E-state index in [1.807, 2.05) is 30.3 Å². The second-order valence-corrected chi connectivity index (χ2v) is 5.91. The second-order valence-electron chi connectivity index (χ2n) is 5.11. The van der Waals surface area contributed by atoms with Gasteiger partial charge in [-0.1, -0.05) is 30.3 Å². The molecule has 3 aromatic rings. The first-order chi connectivity index (χ1) is 12.5. The number of hydrogen-bond donors (Lipinski definition) is 1. The molecule has 0 atom stereocenters. The fourth-order valence-electron chi connectivity index (χ4n) is 2.18. The van der Waals surface area contributed by atoms with Crippen LogP contribution in [0.2, 0.25) is 0 Å². The van der Waals surface area contributed by atoms with Crippen molar-refractivity contribution in [2.24, 2.45) is 5.10 Å². The van der Waals surface area contributed by atoms with Gasteiger partial charge in [0, 0.05) is 0 Å². The van der Waals surface area contributed by atoms with Crippen LogP contribution in [-0.2, 0) is 4.79 Å². The van der Waals surface area contributed by atoms with Crippen LogP contribution in [0.25, 0.3) is 10.8 Å². The minimum Gasteiger partial charge on any atom is -0.483 e. The van der Waals surface area contributed by atoms with Crippen molar-refractivity contribution in [2.75, 3.05) is 6.61 Å². The molecule has 0 unspecified atom stereocenters. The van der Waals surface area contributed by atoms with Gasteiger partial charge < -0.3 is 9.15 Å². The summed E-state index contributed by atoms with van der Waals surface area (Å²) in [4.78, 5) is 21.6. The molecule has 0 saturated heterocycles. The summed E-state index contributed by atoms with van der Waals surface area (Å²) in [6.07, 6.45) is 1.16. The molecule has 9 heteroatoms. The third-order valence-corrected chi connectivity index (χ3v) is 4.18. The molecule has 2 aromatic carbocycles. The second kappa shape index (κ2) is 7.79. The Hall–Kier alpha value is -3.20. The molecule has 0 saturated carbocycles. The van der Waals surface area contributed by atoms with Gasteiger partial charge in [0.2, 0.25) is 0 Å². The van der Waals surface area contributed by atoms with E-state index in [0.717, 1.165) is 21.5 Å². The summed E-state index contributed by atoms with van der Waals surface area (Å²) in [7, 11) is 0. The van der Waals surface area contributed by atoms with E-state index < -0.39 is 16.7 Å². The first kappa shape index (κ1) is 17.6. The van der Waals surface area contributed by atoms with Crippen LogP contribution < -0.4 is 10.2 Å². The molecular weight excluding hydrogens is 406 g/mol. The summed E-state index contributed by atoms with van der Waals surface area (Å²) in [5.74, 6) is -0.204. The lowest BCUT2D eigenvalue weighted by molar-refractivity contribution is -0.402. The molecule has 0 aliphatic rings. The van der Waals surface area contributed by atoms with Gasteiger partial charge in [0.25, 0.3) is 5.91 Å². The highest BCUT2D eigenvalue weighted by Crippen LogP contribution is 2.32. The number of hydrogen-bond acceptors (Lipinski definition) is 6. The average molecular weight is 418 g/mol. The molecule has 1 amide bonds. The van der Waals surface area contributed by atoms with Crippen molar-refractivity contribution in [3.8, 4) is 5.75 Å². The molecule has 0 bridgehead atoms. The zero-order valence-corrected chi connectivity index (χ0v) is 14.8. The Morgan fingerprint density at radius 2 is 2.08 bits per heavy atom. The smallest absolute Gasteiger partial charge is 0.433 e. The highest BCUT2D eigenvalue weighted by atomic mass is 79.9. The maximum atomic E-state index is 11.8. The Balaban J connectivity index is 1.56. The number of fused-ring (bicyclic) bond motifs is 1.